The molecule has 1 aliphatic carbocycles. The molecule has 0 bridgehead atoms. The summed E-state index contributed by atoms with van der Waals surface area (Å²) in [4.78, 5) is 37.2. The molecular formula is C34H48FN5O6Si. The van der Waals surface area contributed by atoms with Crippen LogP contribution in [0.5, 0.6) is 5.75 Å². The molecule has 1 aromatic carbocycles. The molecule has 47 heavy (non-hydrogen) atoms. The van der Waals surface area contributed by atoms with Crippen LogP contribution in [0.1, 0.15) is 56.1 Å². The molecule has 2 atom stereocenters. The van der Waals surface area contributed by atoms with Gasteiger partial charge in [-0.3, -0.25) is 4.79 Å². The molecule has 1 aliphatic heterocycles. The van der Waals surface area contributed by atoms with Crippen molar-refractivity contribution >= 4 is 31.1 Å². The minimum absolute atomic E-state index is 0.0338. The van der Waals surface area contributed by atoms with Gasteiger partial charge in [0.05, 0.1) is 36.4 Å². The first-order chi connectivity index (χ1) is 22.1. The van der Waals surface area contributed by atoms with E-state index in [9.17, 15) is 19.1 Å². The van der Waals surface area contributed by atoms with Crippen molar-refractivity contribution in [1.82, 2.24) is 24.8 Å². The number of likely N-dealkylation sites (tertiary alicyclic amines) is 1. The minimum atomic E-state index is -1.35. The number of benzene rings is 1. The fraction of sp³-hybridized carbons (Fsp3) is 0.588. The first kappa shape index (κ1) is 34.8. The number of carbonyl (C=O) groups excluding carboxylic acids is 2. The molecule has 11 nitrogen and oxygen atoms in total. The molecular weight excluding hydrogens is 621 g/mol. The molecule has 0 unspecified atom stereocenters. The van der Waals surface area contributed by atoms with Gasteiger partial charge in [0, 0.05) is 38.5 Å². The van der Waals surface area contributed by atoms with Gasteiger partial charge in [-0.25, -0.2) is 19.2 Å². The second-order valence-electron chi connectivity index (χ2n) is 14.9. The van der Waals surface area contributed by atoms with Gasteiger partial charge in [0.2, 0.25) is 0 Å². The molecule has 0 radical (unpaired) electrons. The van der Waals surface area contributed by atoms with Crippen LogP contribution in [0, 0.1) is 18.7 Å². The Morgan fingerprint density at radius 3 is 2.55 bits per heavy atom. The van der Waals surface area contributed by atoms with Crippen LogP contribution in [0.2, 0.25) is 25.7 Å². The summed E-state index contributed by atoms with van der Waals surface area (Å²) in [5.74, 6) is 0.0244. The van der Waals surface area contributed by atoms with E-state index in [0.29, 0.717) is 71.4 Å². The molecule has 2 fully saturated rings. The molecule has 3 aromatic rings. The summed E-state index contributed by atoms with van der Waals surface area (Å²) in [5, 5.41) is 14.0. The topological polar surface area (TPSA) is 128 Å². The van der Waals surface area contributed by atoms with Gasteiger partial charge < -0.3 is 34.1 Å². The third-order valence-electron chi connectivity index (χ3n) is 8.46. The SMILES string of the molecule is Cc1c(C(=O)N[C@H]2CCN(C(=O)OC(C)(C)C)C[C@@H]2O)c2ncnc(-c3ccc(F)cc3OCC3CC3)c2n1COCC[Si](C)(C)C. The summed E-state index contributed by atoms with van der Waals surface area (Å²) in [7, 11) is -1.35. The van der Waals surface area contributed by atoms with Gasteiger partial charge >= 0.3 is 6.09 Å². The first-order valence-corrected chi connectivity index (χ1v) is 20.1. The average Bonchev–Trinajstić information content (AvgIpc) is 3.76. The van der Waals surface area contributed by atoms with Crippen LogP contribution in [0.15, 0.2) is 24.5 Å². The van der Waals surface area contributed by atoms with Gasteiger partial charge in [-0.1, -0.05) is 19.6 Å². The van der Waals surface area contributed by atoms with E-state index in [1.165, 1.54) is 23.4 Å². The Labute approximate surface area is 276 Å². The van der Waals surface area contributed by atoms with Crippen molar-refractivity contribution in [2.24, 2.45) is 5.92 Å². The zero-order valence-electron chi connectivity index (χ0n) is 28.6. The first-order valence-electron chi connectivity index (χ1n) is 16.4. The molecule has 256 valence electrons. The van der Waals surface area contributed by atoms with Crippen LogP contribution in [0.3, 0.4) is 0 Å². The molecule has 2 aromatic heterocycles. The highest BCUT2D eigenvalue weighted by Crippen LogP contribution is 2.38. The quantitative estimate of drug-likeness (QED) is 0.195. The zero-order valence-corrected chi connectivity index (χ0v) is 29.6. The molecule has 0 spiro atoms. The van der Waals surface area contributed by atoms with Crippen LogP contribution in [-0.2, 0) is 16.2 Å². The van der Waals surface area contributed by atoms with Gasteiger partial charge in [-0.15, -0.1) is 0 Å². The molecule has 3 heterocycles. The van der Waals surface area contributed by atoms with E-state index in [1.807, 2.05) is 11.5 Å². The van der Waals surface area contributed by atoms with Crippen molar-refractivity contribution in [3.63, 3.8) is 0 Å². The summed E-state index contributed by atoms with van der Waals surface area (Å²) < 4.78 is 34.0. The number of amides is 2. The summed E-state index contributed by atoms with van der Waals surface area (Å²) in [6, 6.07) is 4.77. The monoisotopic (exact) mass is 669 g/mol. The van der Waals surface area contributed by atoms with Crippen LogP contribution in [-0.4, -0.2) is 88.7 Å². The van der Waals surface area contributed by atoms with E-state index in [0.717, 1.165) is 18.9 Å². The van der Waals surface area contributed by atoms with Gasteiger partial charge in [-0.05, 0) is 71.1 Å². The summed E-state index contributed by atoms with van der Waals surface area (Å²) in [6.07, 6.45) is 2.43. The van der Waals surface area contributed by atoms with E-state index in [-0.39, 0.29) is 13.3 Å². The van der Waals surface area contributed by atoms with Crippen LogP contribution in [0.25, 0.3) is 22.3 Å². The van der Waals surface area contributed by atoms with E-state index in [4.69, 9.17) is 14.2 Å². The number of hydrogen-bond acceptors (Lipinski definition) is 8. The predicted molar refractivity (Wildman–Crippen MR) is 180 cm³/mol. The number of nitrogens with zero attached hydrogens (tertiary/aromatic N) is 4. The molecule has 5 rings (SSSR count). The van der Waals surface area contributed by atoms with Crippen molar-refractivity contribution in [3.05, 3.63) is 41.6 Å². The standard InChI is InChI=1S/C34H48FN5O6Si/c1-21-28(32(42)38-25-12-13-39(17-26(25)41)33(43)46-34(2,3)4)30-31(40(21)20-44-14-15-47(5,6)7)29(36-19-37-30)24-11-10-23(35)16-27(24)45-18-22-8-9-22/h10-11,16,19,22,25-26,41H,8-9,12-15,17-18,20H2,1-7H3,(H,38,42)/t25-,26-/m0/s1. The average molecular weight is 670 g/mol. The van der Waals surface area contributed by atoms with Crippen molar-refractivity contribution in [3.8, 4) is 17.0 Å². The highest BCUT2D eigenvalue weighted by atomic mass is 28.3. The summed E-state index contributed by atoms with van der Waals surface area (Å²) >= 11 is 0. The largest absolute Gasteiger partial charge is 0.492 e. The second kappa shape index (κ2) is 13.9. The highest BCUT2D eigenvalue weighted by molar-refractivity contribution is 6.76. The summed E-state index contributed by atoms with van der Waals surface area (Å²) in [6.45, 7) is 15.6. The van der Waals surface area contributed by atoms with Crippen molar-refractivity contribution in [2.45, 2.75) is 97.1 Å². The Kier molecular flexibility index (Phi) is 10.3. The Bertz CT molecular complexity index is 1610. The number of nitrogens with one attached hydrogen (secondary N) is 1. The molecule has 13 heteroatoms. The molecule has 2 N–H and O–H groups in total. The zero-order chi connectivity index (χ0) is 34.1. The maximum atomic E-state index is 14.4. The fourth-order valence-corrected chi connectivity index (χ4v) is 6.35. The number of aliphatic hydroxyl groups excluding tert-OH is 1. The maximum absolute atomic E-state index is 14.4. The van der Waals surface area contributed by atoms with Gasteiger partial charge in [-0.2, -0.15) is 0 Å². The van der Waals surface area contributed by atoms with E-state index >= 15 is 0 Å². The maximum Gasteiger partial charge on any atom is 0.410 e. The molecule has 2 amide bonds. The molecule has 1 saturated heterocycles. The third kappa shape index (κ3) is 8.68. The van der Waals surface area contributed by atoms with Crippen molar-refractivity contribution in [2.75, 3.05) is 26.3 Å². The minimum Gasteiger partial charge on any atom is -0.492 e. The lowest BCUT2D eigenvalue weighted by atomic mass is 10.0. The van der Waals surface area contributed by atoms with E-state index in [1.54, 1.807) is 26.8 Å². The number of carbonyl (C=O) groups is 2. The lowest BCUT2D eigenvalue weighted by molar-refractivity contribution is -0.00408. The third-order valence-corrected chi connectivity index (χ3v) is 10.2. The fourth-order valence-electron chi connectivity index (χ4n) is 5.59. The lowest BCUT2D eigenvalue weighted by Crippen LogP contribution is -2.56. The number of halogens is 1. The van der Waals surface area contributed by atoms with E-state index < -0.39 is 43.6 Å². The smallest absolute Gasteiger partial charge is 0.410 e. The highest BCUT2D eigenvalue weighted by Gasteiger charge is 2.35. The number of ether oxygens (including phenoxy) is 3. The Hall–Kier alpha value is -3.55. The number of piperidine rings is 1. The van der Waals surface area contributed by atoms with Crippen molar-refractivity contribution in [1.29, 1.82) is 0 Å². The number of hydrogen-bond donors (Lipinski definition) is 2. The lowest BCUT2D eigenvalue weighted by Gasteiger charge is -2.36. The van der Waals surface area contributed by atoms with Crippen LogP contribution < -0.4 is 10.1 Å². The molecule has 1 saturated carbocycles. The van der Waals surface area contributed by atoms with Gasteiger partial charge in [0.1, 0.15) is 41.4 Å². The number of aliphatic hydroxyl groups is 1. The Balaban J connectivity index is 1.46. The number of fused-ring (bicyclic) bond motifs is 1. The second-order valence-corrected chi connectivity index (χ2v) is 20.5. The normalized spacial score (nSPS) is 18.8. The number of aromatic nitrogens is 3. The van der Waals surface area contributed by atoms with Crippen LogP contribution >= 0.6 is 0 Å². The predicted octanol–water partition coefficient (Wildman–Crippen LogP) is 5.75. The Morgan fingerprint density at radius 2 is 1.89 bits per heavy atom. The van der Waals surface area contributed by atoms with E-state index in [2.05, 4.69) is 34.9 Å². The van der Waals surface area contributed by atoms with Gasteiger partial charge in [0.25, 0.3) is 5.91 Å². The number of β-amino-alcohol motifs (C(OH)–C–C–N with tert-alkyl or cyclic N) is 1. The van der Waals surface area contributed by atoms with Gasteiger partial charge in [0.15, 0.2) is 0 Å². The molecule has 2 aliphatic rings. The Morgan fingerprint density at radius 1 is 1.15 bits per heavy atom. The van der Waals surface area contributed by atoms with Crippen LogP contribution in [0.4, 0.5) is 9.18 Å². The summed E-state index contributed by atoms with van der Waals surface area (Å²) in [5.41, 5.74) is 2.39. The van der Waals surface area contributed by atoms with Crippen molar-refractivity contribution < 1.29 is 33.3 Å². The number of rotatable bonds is 11.